The van der Waals surface area contributed by atoms with Crippen LogP contribution in [0.15, 0.2) is 71.4 Å². The minimum Gasteiger partial charge on any atom is -0.482 e. The zero-order chi connectivity index (χ0) is 32.7. The second-order valence-electron chi connectivity index (χ2n) is 11.4. The second-order valence-corrected chi connectivity index (χ2v) is 11.8. The maximum atomic E-state index is 13.8. The van der Waals surface area contributed by atoms with Crippen molar-refractivity contribution in [3.05, 3.63) is 106 Å². The van der Waals surface area contributed by atoms with E-state index < -0.39 is 29.5 Å². The summed E-state index contributed by atoms with van der Waals surface area (Å²) >= 11 is 6.54. The molecule has 1 saturated heterocycles. The van der Waals surface area contributed by atoms with E-state index in [2.05, 4.69) is 15.0 Å². The molecule has 1 amide bonds. The van der Waals surface area contributed by atoms with Crippen molar-refractivity contribution in [3.63, 3.8) is 0 Å². The summed E-state index contributed by atoms with van der Waals surface area (Å²) in [6.07, 6.45) is -2.97. The fourth-order valence-corrected chi connectivity index (χ4v) is 6.26. The predicted octanol–water partition coefficient (Wildman–Crippen LogP) is 6.19. The molecule has 244 valence electrons. The van der Waals surface area contributed by atoms with Gasteiger partial charge < -0.3 is 23.3 Å². The number of halogens is 5. The Hall–Kier alpha value is -4.46. The maximum absolute atomic E-state index is 13.8. The molecule has 0 spiro atoms. The summed E-state index contributed by atoms with van der Waals surface area (Å²) in [5.74, 6) is -0.150. The van der Waals surface area contributed by atoms with Gasteiger partial charge in [0.15, 0.2) is 12.4 Å². The molecule has 14 heteroatoms. The number of fused-ring (bicyclic) bond motifs is 3. The largest absolute Gasteiger partial charge is 0.482 e. The molecule has 0 N–H and O–H groups in total. The topological polar surface area (TPSA) is 85.3 Å². The number of pyridine rings is 1. The molecule has 0 radical (unpaired) electrons. The summed E-state index contributed by atoms with van der Waals surface area (Å²) in [7, 11) is 0. The van der Waals surface area contributed by atoms with Crippen molar-refractivity contribution in [1.82, 2.24) is 24.3 Å². The lowest BCUT2D eigenvalue weighted by molar-refractivity contribution is -0.137. The summed E-state index contributed by atoms with van der Waals surface area (Å²) in [6, 6.07) is 13.8. The number of benzene rings is 2. The lowest BCUT2D eigenvalue weighted by Gasteiger charge is -2.34. The van der Waals surface area contributed by atoms with Crippen LogP contribution in [0, 0.1) is 5.82 Å². The van der Waals surface area contributed by atoms with Crippen molar-refractivity contribution in [2.75, 3.05) is 39.5 Å². The second kappa shape index (κ2) is 12.6. The lowest BCUT2D eigenvalue weighted by atomic mass is 9.98. The minimum atomic E-state index is -4.55. The van der Waals surface area contributed by atoms with Crippen LogP contribution in [0.2, 0.25) is 5.02 Å². The van der Waals surface area contributed by atoms with Crippen LogP contribution >= 0.6 is 11.6 Å². The highest BCUT2D eigenvalue weighted by atomic mass is 35.5. The number of rotatable bonds is 7. The monoisotopic (exact) mass is 669 g/mol. The number of ether oxygens (including phenoxy) is 2. The molecule has 3 aromatic heterocycles. The first-order valence-corrected chi connectivity index (χ1v) is 15.3. The van der Waals surface area contributed by atoms with Gasteiger partial charge in [-0.3, -0.25) is 9.69 Å². The number of imidazole rings is 1. The van der Waals surface area contributed by atoms with Gasteiger partial charge in [0, 0.05) is 50.4 Å². The van der Waals surface area contributed by atoms with Crippen LogP contribution < -0.4 is 4.74 Å². The SMILES string of the molecule is O=C(COc1ccc(CN2CCOCC2)cc1Cl)N1CCc2nc3cc(C(F)(F)F)ccn3c2C1c1cc(-c2ccc(F)cc2)on1. The van der Waals surface area contributed by atoms with Gasteiger partial charge in [-0.2, -0.15) is 13.2 Å². The number of hydrogen-bond donors (Lipinski definition) is 0. The van der Waals surface area contributed by atoms with E-state index in [1.54, 1.807) is 17.0 Å². The van der Waals surface area contributed by atoms with Gasteiger partial charge in [0.25, 0.3) is 5.91 Å². The van der Waals surface area contributed by atoms with Crippen LogP contribution in [-0.2, 0) is 28.7 Å². The Morgan fingerprint density at radius 1 is 1.02 bits per heavy atom. The fraction of sp³-hybridized carbons (Fsp3) is 0.303. The quantitative estimate of drug-likeness (QED) is 0.191. The lowest BCUT2D eigenvalue weighted by Crippen LogP contribution is -2.43. The summed E-state index contributed by atoms with van der Waals surface area (Å²) in [5.41, 5.74) is 2.16. The van der Waals surface area contributed by atoms with Gasteiger partial charge in [-0.05, 0) is 54.1 Å². The van der Waals surface area contributed by atoms with Crippen LogP contribution in [0.3, 0.4) is 0 Å². The van der Waals surface area contributed by atoms with E-state index in [-0.39, 0.29) is 18.8 Å². The Balaban J connectivity index is 1.17. The van der Waals surface area contributed by atoms with Crippen molar-refractivity contribution in [3.8, 4) is 17.1 Å². The molecule has 1 fully saturated rings. The first kappa shape index (κ1) is 31.2. The van der Waals surface area contributed by atoms with E-state index in [1.165, 1.54) is 34.9 Å². The molecule has 5 heterocycles. The number of amides is 1. The van der Waals surface area contributed by atoms with Crippen molar-refractivity contribution in [2.24, 2.45) is 0 Å². The Morgan fingerprint density at radius 3 is 2.55 bits per heavy atom. The standard InChI is InChI=1S/C33H28ClF4N5O4/c34-24-15-20(18-41-11-13-45-14-12-41)1-6-27(24)46-19-30(44)43-10-8-25-31(42-9-7-22(33(36,37)38)16-29(42)39-25)32(43)26-17-28(47-40-26)21-2-4-23(35)5-3-21/h1-7,9,15-17,32H,8,10-14,18-19H2. The van der Waals surface area contributed by atoms with Crippen LogP contribution in [0.4, 0.5) is 17.6 Å². The smallest absolute Gasteiger partial charge is 0.416 e. The number of alkyl halides is 3. The maximum Gasteiger partial charge on any atom is 0.416 e. The Bertz CT molecular complexity index is 1920. The molecule has 5 aromatic rings. The van der Waals surface area contributed by atoms with Crippen LogP contribution in [-0.4, -0.2) is 69.7 Å². The first-order valence-electron chi connectivity index (χ1n) is 15.0. The highest BCUT2D eigenvalue weighted by Gasteiger charge is 2.39. The number of hydrogen-bond acceptors (Lipinski definition) is 7. The molecule has 47 heavy (non-hydrogen) atoms. The fourth-order valence-electron chi connectivity index (χ4n) is 6.00. The predicted molar refractivity (Wildman–Crippen MR) is 162 cm³/mol. The normalized spacial score (nSPS) is 17.2. The van der Waals surface area contributed by atoms with E-state index >= 15 is 0 Å². The van der Waals surface area contributed by atoms with Gasteiger partial charge >= 0.3 is 6.18 Å². The highest BCUT2D eigenvalue weighted by Crippen LogP contribution is 2.38. The molecule has 2 aromatic carbocycles. The Morgan fingerprint density at radius 2 is 1.81 bits per heavy atom. The van der Waals surface area contributed by atoms with E-state index in [0.29, 0.717) is 65.4 Å². The zero-order valence-electron chi connectivity index (χ0n) is 24.8. The molecule has 7 rings (SSSR count). The average molecular weight is 670 g/mol. The number of aromatic nitrogens is 3. The molecule has 1 atom stereocenters. The van der Waals surface area contributed by atoms with E-state index in [9.17, 15) is 22.4 Å². The molecule has 2 aliphatic rings. The van der Waals surface area contributed by atoms with E-state index in [0.717, 1.165) is 30.8 Å². The molecular formula is C33H28ClF4N5O4. The van der Waals surface area contributed by atoms with E-state index in [4.69, 9.17) is 25.6 Å². The third-order valence-electron chi connectivity index (χ3n) is 8.34. The molecule has 0 bridgehead atoms. The Labute approximate surface area is 271 Å². The van der Waals surface area contributed by atoms with Gasteiger partial charge in [0.05, 0.1) is 35.2 Å². The molecular weight excluding hydrogens is 642 g/mol. The van der Waals surface area contributed by atoms with Gasteiger partial charge in [-0.15, -0.1) is 0 Å². The molecule has 0 aliphatic carbocycles. The number of morpholine rings is 1. The van der Waals surface area contributed by atoms with Crippen LogP contribution in [0.25, 0.3) is 17.0 Å². The Kier molecular flexibility index (Phi) is 8.37. The van der Waals surface area contributed by atoms with Crippen LogP contribution in [0.1, 0.15) is 34.3 Å². The number of nitrogens with zero attached hydrogens (tertiary/aromatic N) is 5. The zero-order valence-corrected chi connectivity index (χ0v) is 25.6. The molecule has 0 saturated carbocycles. The van der Waals surface area contributed by atoms with Gasteiger partial charge in [-0.25, -0.2) is 9.37 Å². The third-order valence-corrected chi connectivity index (χ3v) is 8.64. The summed E-state index contributed by atoms with van der Waals surface area (Å²) < 4.78 is 72.5. The van der Waals surface area contributed by atoms with Crippen molar-refractivity contribution in [1.29, 1.82) is 0 Å². The molecule has 9 nitrogen and oxygen atoms in total. The van der Waals surface area contributed by atoms with Crippen molar-refractivity contribution >= 4 is 23.2 Å². The highest BCUT2D eigenvalue weighted by molar-refractivity contribution is 6.32. The molecule has 2 aliphatic heterocycles. The molecule has 1 unspecified atom stereocenters. The van der Waals surface area contributed by atoms with Gasteiger partial charge in [0.1, 0.15) is 28.9 Å². The minimum absolute atomic E-state index is 0.0894. The summed E-state index contributed by atoms with van der Waals surface area (Å²) in [4.78, 5) is 22.1. The summed E-state index contributed by atoms with van der Waals surface area (Å²) in [5, 5.41) is 4.61. The summed E-state index contributed by atoms with van der Waals surface area (Å²) in [6.45, 7) is 3.57. The van der Waals surface area contributed by atoms with Crippen LogP contribution in [0.5, 0.6) is 5.75 Å². The van der Waals surface area contributed by atoms with Gasteiger partial charge in [-0.1, -0.05) is 22.8 Å². The average Bonchev–Trinajstić information content (AvgIpc) is 3.69. The van der Waals surface area contributed by atoms with Crippen molar-refractivity contribution < 1.29 is 36.4 Å². The van der Waals surface area contributed by atoms with E-state index in [1.807, 2.05) is 12.1 Å². The van der Waals surface area contributed by atoms with Gasteiger partial charge in [0.2, 0.25) is 0 Å². The number of carbonyl (C=O) groups excluding carboxylic acids is 1. The van der Waals surface area contributed by atoms with Crippen molar-refractivity contribution in [2.45, 2.75) is 25.2 Å². The third kappa shape index (κ3) is 6.42. The first-order chi connectivity index (χ1) is 22.6. The number of carbonyl (C=O) groups is 1.